The number of hydrogen-bond acceptors (Lipinski definition) is 6. The van der Waals surface area contributed by atoms with Crippen molar-refractivity contribution >= 4 is 34.7 Å². The maximum Gasteiger partial charge on any atom is 0.152 e. The summed E-state index contributed by atoms with van der Waals surface area (Å²) >= 11 is 7.02. The van der Waals surface area contributed by atoms with Crippen molar-refractivity contribution in [1.82, 2.24) is 4.90 Å². The van der Waals surface area contributed by atoms with Gasteiger partial charge in [0.05, 0.1) is 5.57 Å². The Kier molecular flexibility index (Phi) is 6.41. The van der Waals surface area contributed by atoms with Crippen molar-refractivity contribution in [3.8, 4) is 12.1 Å². The van der Waals surface area contributed by atoms with Crippen molar-refractivity contribution < 1.29 is 0 Å². The first kappa shape index (κ1) is 15.6. The Hall–Kier alpha value is -1.50. The van der Waals surface area contributed by atoms with Gasteiger partial charge in [0, 0.05) is 13.1 Å². The quantitative estimate of drug-likeness (QED) is 0.590. The SMILES string of the molecule is CCCN(CCC)C1=NSN=C(Cl)C1=C(C#N)C#N. The Morgan fingerprint density at radius 3 is 2.26 bits per heavy atom. The van der Waals surface area contributed by atoms with Gasteiger partial charge in [0.1, 0.15) is 29.8 Å². The molecule has 7 heteroatoms. The van der Waals surface area contributed by atoms with Crippen LogP contribution in [-0.2, 0) is 0 Å². The largest absolute Gasteiger partial charge is 0.355 e. The minimum absolute atomic E-state index is 0.0509. The second-order valence-electron chi connectivity index (χ2n) is 3.84. The van der Waals surface area contributed by atoms with Crippen LogP contribution in [0.2, 0.25) is 0 Å². The first-order valence-electron chi connectivity index (χ1n) is 5.97. The number of halogens is 1. The number of rotatable bonds is 4. The Labute approximate surface area is 122 Å². The second-order valence-corrected chi connectivity index (χ2v) is 4.73. The summed E-state index contributed by atoms with van der Waals surface area (Å²) in [6, 6.07) is 3.71. The highest BCUT2D eigenvalue weighted by molar-refractivity contribution is 7.97. The summed E-state index contributed by atoms with van der Waals surface area (Å²) in [4.78, 5) is 2.04. The number of allylic oxidation sites excluding steroid dienone is 1. The summed E-state index contributed by atoms with van der Waals surface area (Å²) in [5, 5.41) is 18.2. The van der Waals surface area contributed by atoms with Crippen LogP contribution in [0.25, 0.3) is 0 Å². The molecule has 0 radical (unpaired) electrons. The zero-order chi connectivity index (χ0) is 14.3. The first-order valence-corrected chi connectivity index (χ1v) is 7.08. The molecule has 1 heterocycles. The molecule has 1 aliphatic rings. The predicted octanol–water partition coefficient (Wildman–Crippen LogP) is 3.06. The van der Waals surface area contributed by atoms with Crippen LogP contribution in [-0.4, -0.2) is 29.0 Å². The molecule has 0 N–H and O–H groups in total. The predicted molar refractivity (Wildman–Crippen MR) is 78.7 cm³/mol. The van der Waals surface area contributed by atoms with E-state index in [1.165, 1.54) is 0 Å². The minimum atomic E-state index is -0.0509. The lowest BCUT2D eigenvalue weighted by Crippen LogP contribution is -2.36. The molecule has 5 nitrogen and oxygen atoms in total. The molecule has 0 fully saturated rings. The summed E-state index contributed by atoms with van der Waals surface area (Å²) in [5.74, 6) is 0.576. The molecule has 0 spiro atoms. The molecule has 0 atom stereocenters. The highest BCUT2D eigenvalue weighted by Gasteiger charge is 2.26. The summed E-state index contributed by atoms with van der Waals surface area (Å²) in [6.45, 7) is 5.72. The Balaban J connectivity index is 3.24. The van der Waals surface area contributed by atoms with Crippen molar-refractivity contribution in [2.45, 2.75) is 26.7 Å². The molecule has 1 aliphatic heterocycles. The molecular formula is C12H14ClN5S. The van der Waals surface area contributed by atoms with E-state index in [9.17, 15) is 0 Å². The molecule has 0 saturated carbocycles. The lowest BCUT2D eigenvalue weighted by molar-refractivity contribution is 0.418. The Morgan fingerprint density at radius 2 is 1.79 bits per heavy atom. The van der Waals surface area contributed by atoms with Crippen molar-refractivity contribution in [2.24, 2.45) is 8.80 Å². The Bertz CT molecular complexity index is 487. The summed E-state index contributed by atoms with van der Waals surface area (Å²) < 4.78 is 8.15. The third kappa shape index (κ3) is 3.73. The van der Waals surface area contributed by atoms with E-state index in [4.69, 9.17) is 22.1 Å². The smallest absolute Gasteiger partial charge is 0.152 e. The van der Waals surface area contributed by atoms with E-state index < -0.39 is 0 Å². The Morgan fingerprint density at radius 1 is 1.21 bits per heavy atom. The minimum Gasteiger partial charge on any atom is -0.355 e. The molecule has 0 aromatic rings. The van der Waals surface area contributed by atoms with Gasteiger partial charge in [-0.25, -0.2) is 0 Å². The van der Waals surface area contributed by atoms with Crippen LogP contribution in [0.4, 0.5) is 0 Å². The van der Waals surface area contributed by atoms with Gasteiger partial charge < -0.3 is 4.90 Å². The normalized spacial score (nSPS) is 14.1. The van der Waals surface area contributed by atoms with Gasteiger partial charge in [-0.05, 0) is 12.8 Å². The molecule has 0 aromatic heterocycles. The van der Waals surface area contributed by atoms with Gasteiger partial charge in [0.15, 0.2) is 11.0 Å². The number of hydrogen-bond donors (Lipinski definition) is 0. The molecule has 0 saturated heterocycles. The molecule has 100 valence electrons. The van der Waals surface area contributed by atoms with Crippen LogP contribution in [0.3, 0.4) is 0 Å². The fourth-order valence-corrected chi connectivity index (χ4v) is 2.47. The molecular weight excluding hydrogens is 282 g/mol. The molecule has 19 heavy (non-hydrogen) atoms. The van der Waals surface area contributed by atoms with Gasteiger partial charge >= 0.3 is 0 Å². The van der Waals surface area contributed by atoms with Crippen LogP contribution in [0.1, 0.15) is 26.7 Å². The van der Waals surface area contributed by atoms with Crippen molar-refractivity contribution in [3.63, 3.8) is 0 Å². The standard InChI is InChI=1S/C12H14ClN5S/c1-3-5-18(6-4-2)12-10(9(7-14)8-15)11(13)16-19-17-12/h3-6H2,1-2H3. The summed E-state index contributed by atoms with van der Waals surface area (Å²) in [6.07, 6.45) is 1.89. The molecule has 0 aliphatic carbocycles. The van der Waals surface area contributed by atoms with Crippen LogP contribution in [0.5, 0.6) is 0 Å². The molecule has 0 unspecified atom stereocenters. The van der Waals surface area contributed by atoms with E-state index in [1.54, 1.807) is 0 Å². The monoisotopic (exact) mass is 295 g/mol. The number of amidine groups is 1. The average Bonchev–Trinajstić information content (AvgIpc) is 2.41. The van der Waals surface area contributed by atoms with Gasteiger partial charge in [-0.15, -0.1) is 0 Å². The maximum absolute atomic E-state index is 9.03. The second kappa shape index (κ2) is 7.83. The van der Waals surface area contributed by atoms with Crippen LogP contribution in [0.15, 0.2) is 19.9 Å². The average molecular weight is 296 g/mol. The van der Waals surface area contributed by atoms with Crippen LogP contribution < -0.4 is 0 Å². The van der Waals surface area contributed by atoms with E-state index >= 15 is 0 Å². The van der Waals surface area contributed by atoms with Gasteiger partial charge in [-0.1, -0.05) is 25.4 Å². The van der Waals surface area contributed by atoms with Gasteiger partial charge in [0.2, 0.25) is 0 Å². The summed E-state index contributed by atoms with van der Waals surface area (Å²) in [5.41, 5.74) is 0.289. The zero-order valence-electron chi connectivity index (χ0n) is 10.9. The van der Waals surface area contributed by atoms with Crippen molar-refractivity contribution in [3.05, 3.63) is 11.1 Å². The number of nitrogens with zero attached hydrogens (tertiary/aromatic N) is 5. The zero-order valence-corrected chi connectivity index (χ0v) is 12.4. The number of nitriles is 2. The topological polar surface area (TPSA) is 75.5 Å². The van der Waals surface area contributed by atoms with Crippen LogP contribution in [0, 0.1) is 22.7 Å². The summed E-state index contributed by atoms with van der Waals surface area (Å²) in [7, 11) is 0. The maximum atomic E-state index is 9.03. The van der Waals surface area contributed by atoms with Crippen LogP contribution >= 0.6 is 23.7 Å². The van der Waals surface area contributed by atoms with Gasteiger partial charge in [-0.3, -0.25) is 0 Å². The van der Waals surface area contributed by atoms with E-state index in [0.29, 0.717) is 11.4 Å². The fraction of sp³-hybridized carbons (Fsp3) is 0.500. The first-order chi connectivity index (χ1) is 9.19. The van der Waals surface area contributed by atoms with E-state index in [-0.39, 0.29) is 10.7 Å². The molecule has 1 rings (SSSR count). The lowest BCUT2D eigenvalue weighted by atomic mass is 10.1. The molecule has 0 aromatic carbocycles. The lowest BCUT2D eigenvalue weighted by Gasteiger charge is -2.27. The van der Waals surface area contributed by atoms with Gasteiger partial charge in [-0.2, -0.15) is 19.3 Å². The molecule has 0 amide bonds. The highest BCUT2D eigenvalue weighted by atomic mass is 35.5. The van der Waals surface area contributed by atoms with Gasteiger partial charge in [0.25, 0.3) is 0 Å². The third-order valence-electron chi connectivity index (χ3n) is 2.44. The van der Waals surface area contributed by atoms with E-state index in [1.807, 2.05) is 17.0 Å². The highest BCUT2D eigenvalue weighted by Crippen LogP contribution is 2.25. The van der Waals surface area contributed by atoms with Crippen molar-refractivity contribution in [1.29, 1.82) is 10.5 Å². The van der Waals surface area contributed by atoms with E-state index in [2.05, 4.69) is 22.6 Å². The fourth-order valence-electron chi connectivity index (χ4n) is 1.71. The third-order valence-corrected chi connectivity index (χ3v) is 3.33. The van der Waals surface area contributed by atoms with Crippen molar-refractivity contribution in [2.75, 3.05) is 13.1 Å². The van der Waals surface area contributed by atoms with E-state index in [0.717, 1.165) is 38.1 Å². The molecule has 0 bridgehead atoms.